The minimum Gasteiger partial charge on any atom is -0.369 e. The van der Waals surface area contributed by atoms with Crippen LogP contribution in [0.15, 0.2) is 30.5 Å². The van der Waals surface area contributed by atoms with Crippen molar-refractivity contribution in [2.24, 2.45) is 0 Å². The molecule has 6 N–H and O–H groups in total. The zero-order valence-electron chi connectivity index (χ0n) is 18.6. The highest BCUT2D eigenvalue weighted by Gasteiger charge is 2.14. The molecule has 0 bridgehead atoms. The molecule has 2 heterocycles. The van der Waals surface area contributed by atoms with Crippen molar-refractivity contribution in [3.63, 3.8) is 0 Å². The quantitative estimate of drug-likeness (QED) is 0.131. The third-order valence-corrected chi connectivity index (χ3v) is 5.75. The Labute approximate surface area is 205 Å². The lowest BCUT2D eigenvalue weighted by Gasteiger charge is -2.10. The van der Waals surface area contributed by atoms with Crippen LogP contribution in [0.4, 0.5) is 22.5 Å². The lowest BCUT2D eigenvalue weighted by atomic mass is 10.2. The van der Waals surface area contributed by atoms with Gasteiger partial charge in [0.2, 0.25) is 5.91 Å². The predicted molar refractivity (Wildman–Crippen MR) is 132 cm³/mol. The van der Waals surface area contributed by atoms with Crippen molar-refractivity contribution in [1.29, 1.82) is 0 Å². The number of thiazole rings is 1. The van der Waals surface area contributed by atoms with Crippen molar-refractivity contribution >= 4 is 57.2 Å². The summed E-state index contributed by atoms with van der Waals surface area (Å²) in [7, 11) is 0. The monoisotopic (exact) mass is 504 g/mol. The van der Waals surface area contributed by atoms with Crippen molar-refractivity contribution < 1.29 is 14.8 Å². The van der Waals surface area contributed by atoms with Gasteiger partial charge in [-0.15, -0.1) is 0 Å². The smallest absolute Gasteiger partial charge is 0.267 e. The molecule has 0 spiro atoms. The Balaban J connectivity index is 1.55. The van der Waals surface area contributed by atoms with E-state index in [1.165, 1.54) is 17.5 Å². The van der Waals surface area contributed by atoms with Crippen molar-refractivity contribution in [3.8, 4) is 0 Å². The van der Waals surface area contributed by atoms with E-state index in [0.717, 1.165) is 5.56 Å². The summed E-state index contributed by atoms with van der Waals surface area (Å²) in [5.74, 6) is 0.972. The van der Waals surface area contributed by atoms with Crippen LogP contribution in [0.25, 0.3) is 0 Å². The van der Waals surface area contributed by atoms with Crippen LogP contribution in [0, 0.1) is 13.8 Å². The van der Waals surface area contributed by atoms with Gasteiger partial charge in [-0.3, -0.25) is 14.8 Å². The third-order valence-electron chi connectivity index (χ3n) is 4.52. The molecule has 0 fully saturated rings. The maximum Gasteiger partial charge on any atom is 0.267 e. The molecule has 0 radical (unpaired) electrons. The van der Waals surface area contributed by atoms with Gasteiger partial charge in [-0.2, -0.15) is 0 Å². The fourth-order valence-electron chi connectivity index (χ4n) is 2.90. The first-order chi connectivity index (χ1) is 16.4. The molecule has 0 saturated heterocycles. The van der Waals surface area contributed by atoms with E-state index in [1.54, 1.807) is 24.5 Å². The summed E-state index contributed by atoms with van der Waals surface area (Å²) in [6.07, 6.45) is 1.67. The van der Waals surface area contributed by atoms with Crippen LogP contribution in [-0.4, -0.2) is 51.6 Å². The first kappa shape index (κ1) is 25.3. The summed E-state index contributed by atoms with van der Waals surface area (Å²) in [5, 5.41) is 21.6. The van der Waals surface area contributed by atoms with E-state index < -0.39 is 5.91 Å². The van der Waals surface area contributed by atoms with Crippen molar-refractivity contribution in [1.82, 2.24) is 25.7 Å². The van der Waals surface area contributed by atoms with Crippen LogP contribution < -0.4 is 26.7 Å². The van der Waals surface area contributed by atoms with Gasteiger partial charge in [0, 0.05) is 32.1 Å². The lowest BCUT2D eigenvalue weighted by Crippen LogP contribution is -2.28. The van der Waals surface area contributed by atoms with Crippen molar-refractivity contribution in [2.45, 2.75) is 20.3 Å². The molecule has 11 nitrogen and oxygen atoms in total. The number of anilines is 4. The number of nitrogens with zero attached hydrogens (tertiary/aromatic N) is 3. The summed E-state index contributed by atoms with van der Waals surface area (Å²) < 4.78 is 0. The van der Waals surface area contributed by atoms with Gasteiger partial charge in [-0.05, 0) is 25.5 Å². The number of amides is 2. The second-order valence-corrected chi connectivity index (χ2v) is 8.63. The van der Waals surface area contributed by atoms with E-state index in [4.69, 9.17) is 16.8 Å². The molecule has 0 atom stereocenters. The summed E-state index contributed by atoms with van der Waals surface area (Å²) >= 11 is 7.39. The van der Waals surface area contributed by atoms with Gasteiger partial charge in [0.1, 0.15) is 22.3 Å². The Morgan fingerprint density at radius 2 is 1.91 bits per heavy atom. The van der Waals surface area contributed by atoms with Gasteiger partial charge >= 0.3 is 0 Å². The Bertz CT molecular complexity index is 1140. The first-order valence-electron chi connectivity index (χ1n) is 10.4. The summed E-state index contributed by atoms with van der Waals surface area (Å²) in [4.78, 5) is 37.0. The zero-order chi connectivity index (χ0) is 24.5. The molecule has 0 aliphatic rings. The van der Waals surface area contributed by atoms with Gasteiger partial charge in [-0.25, -0.2) is 20.4 Å². The highest BCUT2D eigenvalue weighted by Crippen LogP contribution is 2.28. The maximum atomic E-state index is 12.6. The fraction of sp³-hybridized carbons (Fsp3) is 0.286. The van der Waals surface area contributed by atoms with Gasteiger partial charge in [0.15, 0.2) is 5.13 Å². The average Bonchev–Trinajstić information content (AvgIpc) is 3.26. The van der Waals surface area contributed by atoms with Gasteiger partial charge < -0.3 is 21.3 Å². The molecule has 0 saturated carbocycles. The highest BCUT2D eigenvalue weighted by atomic mass is 35.5. The van der Waals surface area contributed by atoms with E-state index in [9.17, 15) is 9.59 Å². The van der Waals surface area contributed by atoms with Crippen LogP contribution in [0.3, 0.4) is 0 Å². The highest BCUT2D eigenvalue weighted by molar-refractivity contribution is 7.17. The number of hydrogen-bond donors (Lipinski definition) is 6. The maximum absolute atomic E-state index is 12.6. The van der Waals surface area contributed by atoms with Crippen LogP contribution in [0.5, 0.6) is 0 Å². The Morgan fingerprint density at radius 3 is 2.68 bits per heavy atom. The number of nitrogens with one attached hydrogen (secondary N) is 5. The normalized spacial score (nSPS) is 10.6. The van der Waals surface area contributed by atoms with Crippen LogP contribution >= 0.6 is 22.9 Å². The number of aryl methyl sites for hydroxylation is 2. The molecule has 1 aromatic carbocycles. The van der Waals surface area contributed by atoms with Crippen LogP contribution in [0.1, 0.15) is 27.5 Å². The number of benzene rings is 1. The number of carbonyl (C=O) groups excluding carboxylic acids is 2. The Hall–Kier alpha value is -3.32. The summed E-state index contributed by atoms with van der Waals surface area (Å²) in [5.41, 5.74) is 3.03. The van der Waals surface area contributed by atoms with Gasteiger partial charge in [-0.1, -0.05) is 35.1 Å². The molecular formula is C21H25ClN8O3S. The van der Waals surface area contributed by atoms with E-state index >= 15 is 0 Å². The van der Waals surface area contributed by atoms with Crippen LogP contribution in [0.2, 0.25) is 5.02 Å². The number of carbonyl (C=O) groups is 2. The topological polar surface area (TPSA) is 153 Å². The molecule has 3 aromatic rings. The Morgan fingerprint density at radius 1 is 1.12 bits per heavy atom. The molecule has 13 heteroatoms. The number of hydrogen-bond acceptors (Lipinski definition) is 10. The summed E-state index contributed by atoms with van der Waals surface area (Å²) in [6, 6.07) is 7.15. The molecular weight excluding hydrogens is 480 g/mol. The lowest BCUT2D eigenvalue weighted by molar-refractivity contribution is -0.129. The Kier molecular flexibility index (Phi) is 9.10. The molecule has 3 rings (SSSR count). The third kappa shape index (κ3) is 7.35. The van der Waals surface area contributed by atoms with E-state index in [0.29, 0.717) is 57.8 Å². The number of rotatable bonds is 11. The van der Waals surface area contributed by atoms with Crippen molar-refractivity contribution in [3.05, 3.63) is 51.7 Å². The zero-order valence-corrected chi connectivity index (χ0v) is 20.2. The second-order valence-electron chi connectivity index (χ2n) is 7.19. The standard InChI is InChI=1S/C21H25ClN8O3S/c1-12-4-3-5-14(22)19(12)29-20(32)15-11-25-21(34-15)28-17-10-16(26-13(2)27-17)24-9-8-23-7-6-18(31)30-33/h3-5,10-11,23,33H,6-9H2,1-2H3,(H,29,32)(H,30,31)(H2,24,25,26,27,28). The van der Waals surface area contributed by atoms with Gasteiger partial charge in [0.25, 0.3) is 5.91 Å². The van der Waals surface area contributed by atoms with Crippen molar-refractivity contribution in [2.75, 3.05) is 35.6 Å². The largest absolute Gasteiger partial charge is 0.369 e. The molecule has 180 valence electrons. The predicted octanol–water partition coefficient (Wildman–Crippen LogP) is 3.10. The molecule has 2 amide bonds. The number of para-hydroxylation sites is 1. The summed E-state index contributed by atoms with van der Waals surface area (Å²) in [6.45, 7) is 5.25. The van der Waals surface area contributed by atoms with E-state index in [-0.39, 0.29) is 12.3 Å². The number of halogens is 1. The first-order valence-corrected chi connectivity index (χ1v) is 11.6. The molecule has 2 aromatic heterocycles. The minimum absolute atomic E-state index is 0.184. The molecule has 0 unspecified atom stereocenters. The number of aromatic nitrogens is 3. The SMILES string of the molecule is Cc1nc(NCCNCCC(=O)NO)cc(Nc2ncc(C(=O)Nc3c(C)cccc3Cl)s2)n1. The molecule has 0 aliphatic carbocycles. The van der Waals surface area contributed by atoms with E-state index in [2.05, 4.69) is 36.2 Å². The fourth-order valence-corrected chi connectivity index (χ4v) is 3.88. The molecule has 34 heavy (non-hydrogen) atoms. The van der Waals surface area contributed by atoms with Crippen LogP contribution in [-0.2, 0) is 4.79 Å². The molecule has 0 aliphatic heterocycles. The second kappa shape index (κ2) is 12.2. The van der Waals surface area contributed by atoms with Gasteiger partial charge in [0.05, 0.1) is 16.9 Å². The van der Waals surface area contributed by atoms with E-state index in [1.807, 2.05) is 19.1 Å². The minimum atomic E-state index is -0.440. The number of hydroxylamine groups is 1. The average molecular weight is 505 g/mol.